The Morgan fingerprint density at radius 3 is 2.75 bits per heavy atom. The highest BCUT2D eigenvalue weighted by atomic mass is 19.1. The lowest BCUT2D eigenvalue weighted by Crippen LogP contribution is -2.04. The van der Waals surface area contributed by atoms with Gasteiger partial charge in [0.2, 0.25) is 0 Å². The van der Waals surface area contributed by atoms with Crippen molar-refractivity contribution in [3.05, 3.63) is 59.9 Å². The number of aromatic nitrogens is 5. The maximum atomic E-state index is 14.2. The molecule has 0 atom stereocenters. The summed E-state index contributed by atoms with van der Waals surface area (Å²) >= 11 is 0. The van der Waals surface area contributed by atoms with Gasteiger partial charge in [0.1, 0.15) is 23.4 Å². The van der Waals surface area contributed by atoms with E-state index < -0.39 is 12.5 Å². The number of fused-ring (bicyclic) bond motifs is 1. The minimum atomic E-state index is -0.526. The zero-order valence-corrected chi connectivity index (χ0v) is 15.4. The third kappa shape index (κ3) is 3.28. The van der Waals surface area contributed by atoms with E-state index in [-0.39, 0.29) is 12.2 Å². The van der Waals surface area contributed by atoms with Gasteiger partial charge in [-0.15, -0.1) is 0 Å². The van der Waals surface area contributed by atoms with Crippen molar-refractivity contribution in [3.63, 3.8) is 0 Å². The van der Waals surface area contributed by atoms with E-state index in [0.717, 1.165) is 16.9 Å². The number of hydrogen-bond acceptors (Lipinski definition) is 5. The molecule has 0 unspecified atom stereocenters. The van der Waals surface area contributed by atoms with Crippen LogP contribution in [0.25, 0.3) is 22.4 Å². The SMILES string of the molecule is Cc1ccc(F)c(-c2cc(Nc3ccnc4cnn(CCF)c34)c(C)cn2)n1. The van der Waals surface area contributed by atoms with Gasteiger partial charge in [0.25, 0.3) is 0 Å². The van der Waals surface area contributed by atoms with Crippen LogP contribution in [0.5, 0.6) is 0 Å². The summed E-state index contributed by atoms with van der Waals surface area (Å²) in [7, 11) is 0. The second-order valence-electron chi connectivity index (χ2n) is 6.44. The fraction of sp³-hybridized carbons (Fsp3) is 0.200. The van der Waals surface area contributed by atoms with Crippen molar-refractivity contribution in [2.75, 3.05) is 12.0 Å². The van der Waals surface area contributed by atoms with Crippen LogP contribution in [-0.4, -0.2) is 31.4 Å². The van der Waals surface area contributed by atoms with Crippen molar-refractivity contribution in [1.82, 2.24) is 24.7 Å². The molecule has 0 bridgehead atoms. The van der Waals surface area contributed by atoms with Crippen LogP contribution in [0.3, 0.4) is 0 Å². The molecule has 8 heteroatoms. The van der Waals surface area contributed by atoms with Crippen molar-refractivity contribution in [3.8, 4) is 11.4 Å². The Labute approximate surface area is 160 Å². The molecular formula is C20H18F2N6. The molecule has 0 aliphatic rings. The van der Waals surface area contributed by atoms with Crippen LogP contribution in [0.15, 0.2) is 42.9 Å². The van der Waals surface area contributed by atoms with Crippen molar-refractivity contribution in [2.24, 2.45) is 0 Å². The molecule has 0 spiro atoms. The van der Waals surface area contributed by atoms with Gasteiger partial charge in [-0.05, 0) is 43.7 Å². The zero-order valence-electron chi connectivity index (χ0n) is 15.4. The Bertz CT molecular complexity index is 1150. The van der Waals surface area contributed by atoms with E-state index in [1.54, 1.807) is 48.4 Å². The highest BCUT2D eigenvalue weighted by molar-refractivity contribution is 5.90. The van der Waals surface area contributed by atoms with Gasteiger partial charge in [0.15, 0.2) is 5.82 Å². The second-order valence-corrected chi connectivity index (χ2v) is 6.44. The van der Waals surface area contributed by atoms with E-state index in [9.17, 15) is 8.78 Å². The molecule has 0 saturated heterocycles. The Hall–Kier alpha value is -3.42. The first kappa shape index (κ1) is 18.0. The van der Waals surface area contributed by atoms with Gasteiger partial charge in [0, 0.05) is 23.8 Å². The van der Waals surface area contributed by atoms with Gasteiger partial charge < -0.3 is 5.32 Å². The average Bonchev–Trinajstić information content (AvgIpc) is 3.10. The van der Waals surface area contributed by atoms with E-state index >= 15 is 0 Å². The Morgan fingerprint density at radius 2 is 1.93 bits per heavy atom. The van der Waals surface area contributed by atoms with Crippen LogP contribution in [-0.2, 0) is 6.54 Å². The topological polar surface area (TPSA) is 68.5 Å². The smallest absolute Gasteiger partial charge is 0.151 e. The van der Waals surface area contributed by atoms with Crippen molar-refractivity contribution >= 4 is 22.4 Å². The van der Waals surface area contributed by atoms with Crippen LogP contribution in [0.1, 0.15) is 11.3 Å². The highest BCUT2D eigenvalue weighted by Crippen LogP contribution is 2.29. The van der Waals surface area contributed by atoms with Crippen LogP contribution in [0.4, 0.5) is 20.2 Å². The van der Waals surface area contributed by atoms with Crippen molar-refractivity contribution < 1.29 is 8.78 Å². The van der Waals surface area contributed by atoms with Crippen molar-refractivity contribution in [1.29, 1.82) is 0 Å². The van der Waals surface area contributed by atoms with E-state index in [2.05, 4.69) is 25.4 Å². The summed E-state index contributed by atoms with van der Waals surface area (Å²) in [6, 6.07) is 6.55. The molecule has 1 N–H and O–H groups in total. The lowest BCUT2D eigenvalue weighted by molar-refractivity contribution is 0.433. The lowest BCUT2D eigenvalue weighted by atomic mass is 10.1. The van der Waals surface area contributed by atoms with Crippen LogP contribution >= 0.6 is 0 Å². The summed E-state index contributed by atoms with van der Waals surface area (Å²) in [5, 5.41) is 7.53. The maximum Gasteiger partial charge on any atom is 0.151 e. The standard InChI is InChI=1S/C20H18F2N6/c1-12-10-24-17(19-14(22)4-3-13(2)26-19)9-16(12)27-15-5-7-23-18-11-25-28(8-6-21)20(15)18/h3-5,7,9-11H,6,8H2,1-2H3,(H,23,24,27). The van der Waals surface area contributed by atoms with Gasteiger partial charge in [-0.1, -0.05) is 0 Å². The zero-order chi connectivity index (χ0) is 19.7. The molecule has 4 rings (SSSR count). The Kier molecular flexibility index (Phi) is 4.68. The minimum Gasteiger partial charge on any atom is -0.353 e. The average molecular weight is 380 g/mol. The Morgan fingerprint density at radius 1 is 1.07 bits per heavy atom. The highest BCUT2D eigenvalue weighted by Gasteiger charge is 2.14. The number of hydrogen-bond donors (Lipinski definition) is 1. The van der Waals surface area contributed by atoms with Gasteiger partial charge in [0.05, 0.1) is 24.1 Å². The molecular weight excluding hydrogens is 362 g/mol. The number of halogens is 2. The number of nitrogens with zero attached hydrogens (tertiary/aromatic N) is 5. The predicted molar refractivity (Wildman–Crippen MR) is 104 cm³/mol. The fourth-order valence-corrected chi connectivity index (χ4v) is 3.02. The quantitative estimate of drug-likeness (QED) is 0.557. The summed E-state index contributed by atoms with van der Waals surface area (Å²) in [4.78, 5) is 12.9. The number of rotatable bonds is 5. The molecule has 6 nitrogen and oxygen atoms in total. The number of aryl methyl sites for hydroxylation is 3. The third-order valence-corrected chi connectivity index (χ3v) is 4.43. The Balaban J connectivity index is 1.78. The van der Waals surface area contributed by atoms with Gasteiger partial charge in [-0.2, -0.15) is 5.10 Å². The summed E-state index contributed by atoms with van der Waals surface area (Å²) in [5.74, 6) is -0.430. The molecule has 0 aliphatic carbocycles. The molecule has 0 aliphatic heterocycles. The second kappa shape index (κ2) is 7.30. The molecule has 4 aromatic rings. The normalized spacial score (nSPS) is 11.1. The monoisotopic (exact) mass is 380 g/mol. The first-order valence-corrected chi connectivity index (χ1v) is 8.80. The molecule has 4 aromatic heterocycles. The number of pyridine rings is 3. The molecule has 0 fully saturated rings. The molecule has 142 valence electrons. The van der Waals surface area contributed by atoms with E-state index in [1.807, 2.05) is 6.92 Å². The minimum absolute atomic E-state index is 0.142. The maximum absolute atomic E-state index is 14.2. The van der Waals surface area contributed by atoms with Gasteiger partial charge in [-0.25, -0.2) is 13.8 Å². The summed E-state index contributed by atoms with van der Waals surface area (Å²) in [6.45, 7) is 3.32. The fourth-order valence-electron chi connectivity index (χ4n) is 3.02. The number of nitrogens with one attached hydrogen (secondary N) is 1. The molecule has 0 aromatic carbocycles. The summed E-state index contributed by atoms with van der Waals surface area (Å²) in [6.07, 6.45) is 4.93. The lowest BCUT2D eigenvalue weighted by Gasteiger charge is -2.13. The summed E-state index contributed by atoms with van der Waals surface area (Å²) in [5.41, 5.74) is 5.05. The first-order chi connectivity index (χ1) is 13.6. The molecule has 0 saturated carbocycles. The van der Waals surface area contributed by atoms with E-state index in [4.69, 9.17) is 0 Å². The first-order valence-electron chi connectivity index (χ1n) is 8.80. The van der Waals surface area contributed by atoms with Crippen molar-refractivity contribution in [2.45, 2.75) is 20.4 Å². The molecule has 4 heterocycles. The van der Waals surface area contributed by atoms with Crippen LogP contribution in [0, 0.1) is 19.7 Å². The molecule has 0 radical (unpaired) electrons. The predicted octanol–water partition coefficient (Wildman–Crippen LogP) is 4.36. The number of alkyl halides is 1. The van der Waals surface area contributed by atoms with Crippen LogP contribution < -0.4 is 5.32 Å². The van der Waals surface area contributed by atoms with Gasteiger partial charge in [-0.3, -0.25) is 14.6 Å². The molecule has 0 amide bonds. The third-order valence-electron chi connectivity index (χ3n) is 4.43. The number of anilines is 2. The molecule has 28 heavy (non-hydrogen) atoms. The van der Waals surface area contributed by atoms with E-state index in [1.165, 1.54) is 6.07 Å². The summed E-state index contributed by atoms with van der Waals surface area (Å²) < 4.78 is 28.7. The van der Waals surface area contributed by atoms with E-state index in [0.29, 0.717) is 22.4 Å². The van der Waals surface area contributed by atoms with Gasteiger partial charge >= 0.3 is 0 Å². The van der Waals surface area contributed by atoms with Crippen LogP contribution in [0.2, 0.25) is 0 Å². The largest absolute Gasteiger partial charge is 0.353 e.